The lowest BCUT2D eigenvalue weighted by Crippen LogP contribution is -2.33. The number of hydrogen-bond donors (Lipinski definition) is 2. The van der Waals surface area contributed by atoms with Gasteiger partial charge in [-0.15, -0.1) is 6.42 Å². The van der Waals surface area contributed by atoms with Gasteiger partial charge in [-0.25, -0.2) is 0 Å². The third-order valence-corrected chi connectivity index (χ3v) is 2.06. The number of terminal acetylenes is 1. The predicted octanol–water partition coefficient (Wildman–Crippen LogP) is 1.53. The molecule has 1 aromatic rings. The van der Waals surface area contributed by atoms with Gasteiger partial charge in [-0.2, -0.15) is 0 Å². The molecule has 0 aromatic heterocycles. The molecule has 0 fully saturated rings. The van der Waals surface area contributed by atoms with Crippen LogP contribution in [0.4, 0.5) is 0 Å². The molecule has 78 valence electrons. The van der Waals surface area contributed by atoms with Gasteiger partial charge in [0.1, 0.15) is 5.75 Å². The summed E-state index contributed by atoms with van der Waals surface area (Å²) >= 11 is 0. The van der Waals surface area contributed by atoms with Gasteiger partial charge in [0, 0.05) is 0 Å². The highest BCUT2D eigenvalue weighted by Gasteiger charge is 2.12. The average Bonchev–Trinajstić information content (AvgIpc) is 2.26. The van der Waals surface area contributed by atoms with Crippen molar-refractivity contribution < 1.29 is 9.90 Å². The van der Waals surface area contributed by atoms with Crippen LogP contribution in [0.3, 0.4) is 0 Å². The van der Waals surface area contributed by atoms with Crippen LogP contribution in [0.15, 0.2) is 24.3 Å². The summed E-state index contributed by atoms with van der Waals surface area (Å²) in [7, 11) is 0. The molecule has 0 saturated heterocycles. The standard InChI is InChI=1S/C12H13NO2/c1-3-9(4-2)13-12(15)10-7-5-6-8-11(10)14/h1,5-9,14H,4H2,2H3,(H,13,15). The number of nitrogens with one attached hydrogen (secondary N) is 1. The van der Waals surface area contributed by atoms with E-state index in [1.54, 1.807) is 18.2 Å². The van der Waals surface area contributed by atoms with Crippen LogP contribution in [0, 0.1) is 12.3 Å². The SMILES string of the molecule is C#CC(CC)NC(=O)c1ccccc1O. The first-order valence-corrected chi connectivity index (χ1v) is 4.74. The highest BCUT2D eigenvalue weighted by atomic mass is 16.3. The first kappa shape index (κ1) is 11.1. The van der Waals surface area contributed by atoms with E-state index in [9.17, 15) is 9.90 Å². The van der Waals surface area contributed by atoms with Crippen LogP contribution in [0.25, 0.3) is 0 Å². The number of carbonyl (C=O) groups excluding carboxylic acids is 1. The Labute approximate surface area is 89.1 Å². The molecule has 3 nitrogen and oxygen atoms in total. The van der Waals surface area contributed by atoms with Gasteiger partial charge in [-0.3, -0.25) is 4.79 Å². The summed E-state index contributed by atoms with van der Waals surface area (Å²) in [5, 5.41) is 12.1. The maximum absolute atomic E-state index is 11.6. The molecule has 0 bridgehead atoms. The lowest BCUT2D eigenvalue weighted by molar-refractivity contribution is 0.0942. The van der Waals surface area contributed by atoms with Crippen LogP contribution in [0.2, 0.25) is 0 Å². The Bertz CT molecular complexity index is 393. The number of benzene rings is 1. The minimum Gasteiger partial charge on any atom is -0.507 e. The first-order valence-electron chi connectivity index (χ1n) is 4.74. The first-order chi connectivity index (χ1) is 7.19. The summed E-state index contributed by atoms with van der Waals surface area (Å²) in [5.41, 5.74) is 0.242. The van der Waals surface area contributed by atoms with E-state index >= 15 is 0 Å². The molecular weight excluding hydrogens is 190 g/mol. The Hall–Kier alpha value is -1.95. The fourth-order valence-corrected chi connectivity index (χ4v) is 1.16. The fourth-order valence-electron chi connectivity index (χ4n) is 1.16. The van der Waals surface area contributed by atoms with Crippen LogP contribution in [0.5, 0.6) is 5.75 Å². The van der Waals surface area contributed by atoms with Crippen molar-refractivity contribution >= 4 is 5.91 Å². The van der Waals surface area contributed by atoms with E-state index in [4.69, 9.17) is 6.42 Å². The quantitative estimate of drug-likeness (QED) is 0.732. The van der Waals surface area contributed by atoms with Crippen molar-refractivity contribution in [2.24, 2.45) is 0 Å². The van der Waals surface area contributed by atoms with Crippen molar-refractivity contribution in [3.8, 4) is 18.1 Å². The van der Waals surface area contributed by atoms with Crippen LogP contribution >= 0.6 is 0 Å². The van der Waals surface area contributed by atoms with Crippen molar-refractivity contribution in [1.82, 2.24) is 5.32 Å². The normalized spacial score (nSPS) is 11.5. The number of aromatic hydroxyl groups is 1. The molecule has 15 heavy (non-hydrogen) atoms. The summed E-state index contributed by atoms with van der Waals surface area (Å²) in [6, 6.07) is 6.06. The topological polar surface area (TPSA) is 49.3 Å². The van der Waals surface area contributed by atoms with Crippen LogP contribution < -0.4 is 5.32 Å². The van der Waals surface area contributed by atoms with Gasteiger partial charge in [0.15, 0.2) is 0 Å². The molecule has 0 heterocycles. The summed E-state index contributed by atoms with van der Waals surface area (Å²) in [5.74, 6) is 2.07. The molecule has 0 saturated carbocycles. The Balaban J connectivity index is 2.79. The molecule has 0 aliphatic rings. The summed E-state index contributed by atoms with van der Waals surface area (Å²) in [4.78, 5) is 11.6. The van der Waals surface area contributed by atoms with Gasteiger partial charge in [-0.1, -0.05) is 25.0 Å². The molecule has 0 aliphatic heterocycles. The van der Waals surface area contributed by atoms with E-state index in [1.807, 2.05) is 6.92 Å². The molecule has 1 atom stereocenters. The third kappa shape index (κ3) is 2.75. The number of rotatable bonds is 3. The van der Waals surface area contributed by atoms with Crippen molar-refractivity contribution in [3.63, 3.8) is 0 Å². The highest BCUT2D eigenvalue weighted by Crippen LogP contribution is 2.15. The van der Waals surface area contributed by atoms with E-state index in [2.05, 4.69) is 11.2 Å². The van der Waals surface area contributed by atoms with E-state index in [-0.39, 0.29) is 23.3 Å². The summed E-state index contributed by atoms with van der Waals surface area (Å²) < 4.78 is 0. The van der Waals surface area contributed by atoms with Gasteiger partial charge in [0.2, 0.25) is 0 Å². The molecule has 0 aliphatic carbocycles. The van der Waals surface area contributed by atoms with Crippen LogP contribution in [-0.4, -0.2) is 17.1 Å². The molecule has 2 N–H and O–H groups in total. The average molecular weight is 203 g/mol. The molecular formula is C12H13NO2. The summed E-state index contributed by atoms with van der Waals surface area (Å²) in [6.45, 7) is 1.88. The van der Waals surface area contributed by atoms with Crippen molar-refractivity contribution in [1.29, 1.82) is 0 Å². The number of phenols is 1. The number of para-hydroxylation sites is 1. The number of hydrogen-bond acceptors (Lipinski definition) is 2. The molecule has 1 amide bonds. The molecule has 1 unspecified atom stereocenters. The molecule has 0 radical (unpaired) electrons. The molecule has 1 rings (SSSR count). The number of carbonyl (C=O) groups is 1. The lowest BCUT2D eigenvalue weighted by Gasteiger charge is -2.11. The third-order valence-electron chi connectivity index (χ3n) is 2.06. The maximum Gasteiger partial charge on any atom is 0.256 e. The van der Waals surface area contributed by atoms with E-state index in [0.717, 1.165) is 0 Å². The Morgan fingerprint density at radius 3 is 2.80 bits per heavy atom. The van der Waals surface area contributed by atoms with Gasteiger partial charge in [-0.05, 0) is 18.6 Å². The Morgan fingerprint density at radius 2 is 2.27 bits per heavy atom. The molecule has 0 spiro atoms. The van der Waals surface area contributed by atoms with Gasteiger partial charge < -0.3 is 10.4 Å². The van der Waals surface area contributed by atoms with Crippen LogP contribution in [-0.2, 0) is 0 Å². The monoisotopic (exact) mass is 203 g/mol. The van der Waals surface area contributed by atoms with Gasteiger partial charge in [0.05, 0.1) is 11.6 Å². The minimum absolute atomic E-state index is 0.0399. The minimum atomic E-state index is -0.349. The summed E-state index contributed by atoms with van der Waals surface area (Å²) in [6.07, 6.45) is 5.88. The Morgan fingerprint density at radius 1 is 1.60 bits per heavy atom. The van der Waals surface area contributed by atoms with E-state index in [1.165, 1.54) is 6.07 Å². The zero-order valence-electron chi connectivity index (χ0n) is 8.53. The second-order valence-electron chi connectivity index (χ2n) is 3.12. The highest BCUT2D eigenvalue weighted by molar-refractivity contribution is 5.97. The van der Waals surface area contributed by atoms with E-state index < -0.39 is 0 Å². The van der Waals surface area contributed by atoms with Gasteiger partial charge >= 0.3 is 0 Å². The predicted molar refractivity (Wildman–Crippen MR) is 58.5 cm³/mol. The number of phenolic OH excluding ortho intramolecular Hbond substituents is 1. The second-order valence-corrected chi connectivity index (χ2v) is 3.12. The maximum atomic E-state index is 11.6. The van der Waals surface area contributed by atoms with E-state index in [0.29, 0.717) is 6.42 Å². The fraction of sp³-hybridized carbons (Fsp3) is 0.250. The molecule has 1 aromatic carbocycles. The van der Waals surface area contributed by atoms with Gasteiger partial charge in [0.25, 0.3) is 5.91 Å². The van der Waals surface area contributed by atoms with Crippen molar-refractivity contribution in [2.45, 2.75) is 19.4 Å². The molecule has 3 heteroatoms. The van der Waals surface area contributed by atoms with Crippen LogP contribution in [0.1, 0.15) is 23.7 Å². The Kier molecular flexibility index (Phi) is 3.75. The zero-order valence-corrected chi connectivity index (χ0v) is 8.53. The number of amides is 1. The lowest BCUT2D eigenvalue weighted by atomic mass is 10.1. The second kappa shape index (κ2) is 5.06. The largest absolute Gasteiger partial charge is 0.507 e. The zero-order chi connectivity index (χ0) is 11.3. The van der Waals surface area contributed by atoms with Crippen molar-refractivity contribution in [2.75, 3.05) is 0 Å². The van der Waals surface area contributed by atoms with Crippen molar-refractivity contribution in [3.05, 3.63) is 29.8 Å². The smallest absolute Gasteiger partial charge is 0.256 e.